The highest BCUT2D eigenvalue weighted by atomic mass is 16.5. The molecular weight excluding hydrogens is 230 g/mol. The van der Waals surface area contributed by atoms with E-state index in [2.05, 4.69) is 5.32 Å². The lowest BCUT2D eigenvalue weighted by Crippen LogP contribution is -2.32. The van der Waals surface area contributed by atoms with E-state index in [1.54, 1.807) is 7.11 Å². The molecule has 0 saturated carbocycles. The third kappa shape index (κ3) is 4.47. The van der Waals surface area contributed by atoms with Crippen molar-refractivity contribution in [3.8, 4) is 0 Å². The van der Waals surface area contributed by atoms with E-state index < -0.39 is 0 Å². The maximum absolute atomic E-state index is 11.8. The number of hydrogen-bond donors (Lipinski definition) is 1. The lowest BCUT2D eigenvalue weighted by atomic mass is 9.99. The van der Waals surface area contributed by atoms with Crippen molar-refractivity contribution in [1.82, 2.24) is 5.32 Å². The van der Waals surface area contributed by atoms with Crippen LogP contribution >= 0.6 is 0 Å². The van der Waals surface area contributed by atoms with Gasteiger partial charge in [0.25, 0.3) is 0 Å². The van der Waals surface area contributed by atoms with Crippen LogP contribution in [0.2, 0.25) is 0 Å². The van der Waals surface area contributed by atoms with Crippen LogP contribution in [0.5, 0.6) is 0 Å². The zero-order valence-corrected chi connectivity index (χ0v) is 11.2. The van der Waals surface area contributed by atoms with Gasteiger partial charge in [-0.15, -0.1) is 0 Å². The molecule has 0 amide bonds. The number of nitrogens with one attached hydrogen (secondary N) is 1. The lowest BCUT2D eigenvalue weighted by Gasteiger charge is -2.17. The second kappa shape index (κ2) is 7.84. The number of rotatable bonds is 7. The minimum Gasteiger partial charge on any atom is -0.469 e. The first-order valence-corrected chi connectivity index (χ1v) is 6.05. The van der Waals surface area contributed by atoms with E-state index in [1.807, 2.05) is 37.3 Å². The SMILES string of the molecule is COC(=O)C(CNCC(C)OC)c1ccccc1. The Morgan fingerprint density at radius 2 is 1.89 bits per heavy atom. The second-order valence-corrected chi connectivity index (χ2v) is 4.19. The predicted molar refractivity (Wildman–Crippen MR) is 70.5 cm³/mol. The summed E-state index contributed by atoms with van der Waals surface area (Å²) >= 11 is 0. The molecule has 2 atom stereocenters. The van der Waals surface area contributed by atoms with Crippen molar-refractivity contribution in [1.29, 1.82) is 0 Å². The largest absolute Gasteiger partial charge is 0.469 e. The van der Waals surface area contributed by atoms with E-state index in [0.717, 1.165) is 5.56 Å². The van der Waals surface area contributed by atoms with Crippen LogP contribution in [0.1, 0.15) is 18.4 Å². The second-order valence-electron chi connectivity index (χ2n) is 4.19. The summed E-state index contributed by atoms with van der Waals surface area (Å²) in [6.45, 7) is 3.23. The van der Waals surface area contributed by atoms with E-state index >= 15 is 0 Å². The molecule has 1 aromatic carbocycles. The molecule has 0 aliphatic heterocycles. The zero-order valence-electron chi connectivity index (χ0n) is 11.2. The van der Waals surface area contributed by atoms with Crippen LogP contribution in [-0.4, -0.2) is 39.4 Å². The molecule has 1 rings (SSSR count). The predicted octanol–water partition coefficient (Wildman–Crippen LogP) is 1.57. The van der Waals surface area contributed by atoms with E-state index in [0.29, 0.717) is 13.1 Å². The molecule has 0 spiro atoms. The summed E-state index contributed by atoms with van der Waals surface area (Å²) in [5, 5.41) is 3.22. The van der Waals surface area contributed by atoms with Crippen molar-refractivity contribution < 1.29 is 14.3 Å². The van der Waals surface area contributed by atoms with Crippen LogP contribution in [0.15, 0.2) is 30.3 Å². The molecule has 0 aliphatic carbocycles. The van der Waals surface area contributed by atoms with Gasteiger partial charge in [0.1, 0.15) is 0 Å². The lowest BCUT2D eigenvalue weighted by molar-refractivity contribution is -0.142. The molecule has 1 N–H and O–H groups in total. The van der Waals surface area contributed by atoms with Gasteiger partial charge in [-0.05, 0) is 12.5 Å². The van der Waals surface area contributed by atoms with E-state index in [1.165, 1.54) is 7.11 Å². The Labute approximate surface area is 108 Å². The molecule has 4 heteroatoms. The van der Waals surface area contributed by atoms with Crippen molar-refractivity contribution in [2.45, 2.75) is 18.9 Å². The molecule has 0 heterocycles. The third-order valence-electron chi connectivity index (χ3n) is 2.87. The molecule has 100 valence electrons. The first kappa shape index (κ1) is 14.7. The monoisotopic (exact) mass is 251 g/mol. The van der Waals surface area contributed by atoms with Crippen LogP contribution in [0, 0.1) is 0 Å². The Balaban J connectivity index is 2.60. The van der Waals surface area contributed by atoms with Gasteiger partial charge in [-0.25, -0.2) is 0 Å². The first-order valence-electron chi connectivity index (χ1n) is 6.05. The molecule has 0 saturated heterocycles. The van der Waals surface area contributed by atoms with Crippen LogP contribution in [0.3, 0.4) is 0 Å². The topological polar surface area (TPSA) is 47.6 Å². The van der Waals surface area contributed by atoms with Crippen molar-refractivity contribution in [3.05, 3.63) is 35.9 Å². The summed E-state index contributed by atoms with van der Waals surface area (Å²) in [5.74, 6) is -0.501. The summed E-state index contributed by atoms with van der Waals surface area (Å²) < 4.78 is 9.99. The van der Waals surface area contributed by atoms with Gasteiger partial charge in [0.05, 0.1) is 19.1 Å². The quantitative estimate of drug-likeness (QED) is 0.747. The van der Waals surface area contributed by atoms with Gasteiger partial charge in [0.15, 0.2) is 0 Å². The Morgan fingerprint density at radius 3 is 2.44 bits per heavy atom. The van der Waals surface area contributed by atoms with Gasteiger partial charge in [-0.1, -0.05) is 30.3 Å². The van der Waals surface area contributed by atoms with Crippen molar-refractivity contribution in [2.24, 2.45) is 0 Å². The Kier molecular flexibility index (Phi) is 6.39. The molecule has 0 bridgehead atoms. The number of carbonyl (C=O) groups is 1. The highest BCUT2D eigenvalue weighted by Gasteiger charge is 2.20. The maximum Gasteiger partial charge on any atom is 0.314 e. The van der Waals surface area contributed by atoms with E-state index in [-0.39, 0.29) is 18.0 Å². The molecular formula is C14H21NO3. The van der Waals surface area contributed by atoms with Crippen molar-refractivity contribution >= 4 is 5.97 Å². The van der Waals surface area contributed by atoms with E-state index in [9.17, 15) is 4.79 Å². The summed E-state index contributed by atoms with van der Waals surface area (Å²) in [6.07, 6.45) is 0.124. The van der Waals surface area contributed by atoms with Crippen molar-refractivity contribution in [3.63, 3.8) is 0 Å². The van der Waals surface area contributed by atoms with Gasteiger partial charge >= 0.3 is 5.97 Å². The maximum atomic E-state index is 11.8. The average molecular weight is 251 g/mol. The number of hydrogen-bond acceptors (Lipinski definition) is 4. The summed E-state index contributed by atoms with van der Waals surface area (Å²) in [4.78, 5) is 11.8. The fourth-order valence-corrected chi connectivity index (χ4v) is 1.68. The van der Waals surface area contributed by atoms with Crippen LogP contribution in [-0.2, 0) is 14.3 Å². The fraction of sp³-hybridized carbons (Fsp3) is 0.500. The number of carbonyl (C=O) groups excluding carboxylic acids is 1. The molecule has 2 unspecified atom stereocenters. The summed E-state index contributed by atoms with van der Waals surface area (Å²) in [7, 11) is 3.08. The number of esters is 1. The number of benzene rings is 1. The van der Waals surface area contributed by atoms with Crippen LogP contribution < -0.4 is 5.32 Å². The normalized spacial score (nSPS) is 13.9. The fourth-order valence-electron chi connectivity index (χ4n) is 1.68. The Morgan fingerprint density at radius 1 is 1.22 bits per heavy atom. The zero-order chi connectivity index (χ0) is 13.4. The smallest absolute Gasteiger partial charge is 0.314 e. The van der Waals surface area contributed by atoms with Gasteiger partial charge in [-0.3, -0.25) is 4.79 Å². The van der Waals surface area contributed by atoms with Gasteiger partial charge < -0.3 is 14.8 Å². The molecule has 1 aromatic rings. The van der Waals surface area contributed by atoms with Gasteiger partial charge in [0, 0.05) is 20.2 Å². The molecule has 0 fully saturated rings. The van der Waals surface area contributed by atoms with Crippen LogP contribution in [0.4, 0.5) is 0 Å². The summed E-state index contributed by atoms with van der Waals surface area (Å²) in [6, 6.07) is 9.64. The van der Waals surface area contributed by atoms with Gasteiger partial charge in [-0.2, -0.15) is 0 Å². The third-order valence-corrected chi connectivity index (χ3v) is 2.87. The molecule has 4 nitrogen and oxygen atoms in total. The first-order chi connectivity index (χ1) is 8.69. The number of ether oxygens (including phenoxy) is 2. The van der Waals surface area contributed by atoms with E-state index in [4.69, 9.17) is 9.47 Å². The average Bonchev–Trinajstić information content (AvgIpc) is 2.43. The van der Waals surface area contributed by atoms with Gasteiger partial charge in [0.2, 0.25) is 0 Å². The Bertz CT molecular complexity index is 353. The summed E-state index contributed by atoms with van der Waals surface area (Å²) in [5.41, 5.74) is 0.960. The van der Waals surface area contributed by atoms with Crippen molar-refractivity contribution in [2.75, 3.05) is 27.3 Å². The number of methoxy groups -OCH3 is 2. The Hall–Kier alpha value is -1.39. The highest BCUT2D eigenvalue weighted by molar-refractivity contribution is 5.78. The highest BCUT2D eigenvalue weighted by Crippen LogP contribution is 2.16. The molecule has 18 heavy (non-hydrogen) atoms. The van der Waals surface area contributed by atoms with Crippen LogP contribution in [0.25, 0.3) is 0 Å². The molecule has 0 aliphatic rings. The molecule has 0 radical (unpaired) electrons. The minimum atomic E-state index is -0.278. The molecule has 0 aromatic heterocycles. The minimum absolute atomic E-state index is 0.124. The standard InChI is InChI=1S/C14H21NO3/c1-11(17-2)9-15-10-13(14(16)18-3)12-7-5-4-6-8-12/h4-8,11,13,15H,9-10H2,1-3H3.